The van der Waals surface area contributed by atoms with E-state index >= 15 is 0 Å². The zero-order valence-electron chi connectivity index (χ0n) is 21.4. The van der Waals surface area contributed by atoms with Crippen LogP contribution in [0.15, 0.2) is 91.0 Å². The van der Waals surface area contributed by atoms with Crippen LogP contribution in [0.4, 0.5) is 13.2 Å². The van der Waals surface area contributed by atoms with Gasteiger partial charge in [-0.25, -0.2) is 14.5 Å². The lowest BCUT2D eigenvalue weighted by molar-refractivity contribution is -0.142. The Morgan fingerprint density at radius 3 is 2.27 bits per heavy atom. The van der Waals surface area contributed by atoms with Crippen molar-refractivity contribution in [1.29, 1.82) is 0 Å². The number of carboxylic acids is 1. The number of nitrogens with zero attached hydrogens (tertiary/aromatic N) is 3. The summed E-state index contributed by atoms with van der Waals surface area (Å²) < 4.78 is 52.7. The molecule has 0 amide bonds. The summed E-state index contributed by atoms with van der Waals surface area (Å²) in [4.78, 5) is 15.6. The van der Waals surface area contributed by atoms with Gasteiger partial charge in [0.25, 0.3) is 0 Å². The number of rotatable bonds is 8. The van der Waals surface area contributed by atoms with Crippen LogP contribution in [0.25, 0.3) is 28.2 Å². The third-order valence-corrected chi connectivity index (χ3v) is 6.39. The molecule has 0 fully saturated rings. The van der Waals surface area contributed by atoms with Gasteiger partial charge in [0.2, 0.25) is 0 Å². The predicted molar refractivity (Wildman–Crippen MR) is 147 cm³/mol. The lowest BCUT2D eigenvalue weighted by Gasteiger charge is -2.14. The van der Waals surface area contributed by atoms with Crippen molar-refractivity contribution in [1.82, 2.24) is 14.8 Å². The molecule has 1 N–H and O–H groups in total. The Morgan fingerprint density at radius 2 is 1.63 bits per heavy atom. The maximum Gasteiger partial charge on any atom is 0.433 e. The molecule has 5 rings (SSSR count). The van der Waals surface area contributed by atoms with Gasteiger partial charge < -0.3 is 14.6 Å². The second-order valence-electron chi connectivity index (χ2n) is 8.87. The molecule has 11 heteroatoms. The molecular weight excluding hydrogens is 559 g/mol. The topological polar surface area (TPSA) is 86.5 Å². The Kier molecular flexibility index (Phi) is 7.67. The molecule has 0 saturated heterocycles. The average molecular weight is 580 g/mol. The molecule has 0 atom stereocenters. The fourth-order valence-electron chi connectivity index (χ4n) is 4.12. The van der Waals surface area contributed by atoms with Crippen molar-refractivity contribution in [3.8, 4) is 39.7 Å². The minimum absolute atomic E-state index is 0.205. The molecule has 2 heterocycles. The number of benzene rings is 3. The Hall–Kier alpha value is -4.83. The first-order valence-corrected chi connectivity index (χ1v) is 12.5. The predicted octanol–water partition coefficient (Wildman–Crippen LogP) is 7.56. The van der Waals surface area contributed by atoms with Crippen molar-refractivity contribution in [2.24, 2.45) is 0 Å². The monoisotopic (exact) mass is 579 g/mol. The van der Waals surface area contributed by atoms with Gasteiger partial charge in [0.05, 0.1) is 12.8 Å². The van der Waals surface area contributed by atoms with Crippen LogP contribution in [-0.2, 0) is 12.8 Å². The number of carboxylic acid groups (broad SMARTS) is 1. The first kappa shape index (κ1) is 27.7. The largest absolute Gasteiger partial charge is 0.497 e. The van der Waals surface area contributed by atoms with Crippen molar-refractivity contribution in [2.45, 2.75) is 12.8 Å². The Labute approximate surface area is 237 Å². The molecule has 0 aliphatic heterocycles. The summed E-state index contributed by atoms with van der Waals surface area (Å²) in [7, 11) is 1.61. The van der Waals surface area contributed by atoms with Crippen LogP contribution in [-0.4, -0.2) is 33.0 Å². The molecule has 208 valence electrons. The molecule has 3 aromatic carbocycles. The molecule has 0 spiro atoms. The van der Waals surface area contributed by atoms with E-state index in [-0.39, 0.29) is 18.1 Å². The normalized spacial score (nSPS) is 11.3. The van der Waals surface area contributed by atoms with Crippen molar-refractivity contribution in [3.05, 3.63) is 113 Å². The van der Waals surface area contributed by atoms with Crippen LogP contribution in [0.1, 0.15) is 21.7 Å². The van der Waals surface area contributed by atoms with Crippen LogP contribution >= 0.6 is 11.6 Å². The van der Waals surface area contributed by atoms with E-state index in [1.54, 1.807) is 31.4 Å². The minimum Gasteiger partial charge on any atom is -0.497 e. The molecule has 0 unspecified atom stereocenters. The lowest BCUT2D eigenvalue weighted by atomic mass is 10.0. The number of alkyl halides is 3. The van der Waals surface area contributed by atoms with Gasteiger partial charge in [-0.15, -0.1) is 0 Å². The zero-order chi connectivity index (χ0) is 29.1. The summed E-state index contributed by atoms with van der Waals surface area (Å²) in [6.45, 7) is 0.205. The Bertz CT molecular complexity index is 1700. The minimum atomic E-state index is -4.86. The first-order chi connectivity index (χ1) is 19.6. The number of aromatic carboxylic acids is 1. The van der Waals surface area contributed by atoms with E-state index in [1.807, 2.05) is 48.5 Å². The van der Waals surface area contributed by atoms with E-state index in [0.29, 0.717) is 27.1 Å². The highest BCUT2D eigenvalue weighted by atomic mass is 35.5. The van der Waals surface area contributed by atoms with Crippen LogP contribution < -0.4 is 9.47 Å². The molecule has 41 heavy (non-hydrogen) atoms. The summed E-state index contributed by atoms with van der Waals surface area (Å²) in [5, 5.41) is 13.2. The quantitative estimate of drug-likeness (QED) is 0.204. The third-order valence-electron chi connectivity index (χ3n) is 6.16. The van der Waals surface area contributed by atoms with Gasteiger partial charge >= 0.3 is 12.1 Å². The number of pyridine rings is 1. The standard InChI is InChI=1S/C30H21ClF3N3O4/c1-40-22-12-9-20(10-13-22)19-7-5-18(6-8-19)17-41-26-14-11-21(31)15-23(26)24-3-2-4-28(35-24)37-27(30(32,33)34)16-25(36-37)29(38)39/h2-16H,17H2,1H3,(H,38,39). The third kappa shape index (κ3) is 6.17. The van der Waals surface area contributed by atoms with Crippen molar-refractivity contribution in [2.75, 3.05) is 7.11 Å². The number of hydrogen-bond acceptors (Lipinski definition) is 5. The second-order valence-corrected chi connectivity index (χ2v) is 9.30. The van der Waals surface area contributed by atoms with Gasteiger partial charge in [-0.1, -0.05) is 54.1 Å². The molecule has 0 aliphatic rings. The van der Waals surface area contributed by atoms with E-state index in [9.17, 15) is 23.1 Å². The van der Waals surface area contributed by atoms with E-state index < -0.39 is 23.5 Å². The molecule has 0 bridgehead atoms. The smallest absolute Gasteiger partial charge is 0.433 e. The SMILES string of the molecule is COc1ccc(-c2ccc(COc3ccc(Cl)cc3-c3cccc(-n4nc(C(=O)O)cc4C(F)(F)F)n3)cc2)cc1. The Balaban J connectivity index is 1.41. The molecular formula is C30H21ClF3N3O4. The first-order valence-electron chi connectivity index (χ1n) is 12.2. The highest BCUT2D eigenvalue weighted by Crippen LogP contribution is 2.35. The van der Waals surface area contributed by atoms with Gasteiger partial charge in [0.15, 0.2) is 17.2 Å². The van der Waals surface area contributed by atoms with Crippen molar-refractivity contribution in [3.63, 3.8) is 0 Å². The second kappa shape index (κ2) is 11.3. The fourth-order valence-corrected chi connectivity index (χ4v) is 4.29. The van der Waals surface area contributed by atoms with Crippen molar-refractivity contribution < 1.29 is 32.5 Å². The maximum absolute atomic E-state index is 13.6. The molecule has 0 saturated carbocycles. The summed E-state index contributed by atoms with van der Waals surface area (Å²) >= 11 is 6.24. The van der Waals surface area contributed by atoms with Gasteiger partial charge in [-0.05, 0) is 59.2 Å². The molecule has 7 nitrogen and oxygen atoms in total. The van der Waals surface area contributed by atoms with E-state index in [4.69, 9.17) is 21.1 Å². The number of carbonyl (C=O) groups is 1. The number of ether oxygens (including phenoxy) is 2. The van der Waals surface area contributed by atoms with Crippen molar-refractivity contribution >= 4 is 17.6 Å². The van der Waals surface area contributed by atoms with Crippen LogP contribution in [0.3, 0.4) is 0 Å². The summed E-state index contributed by atoms with van der Waals surface area (Å²) in [5.41, 5.74) is 1.62. The van der Waals surface area contributed by atoms with Crippen LogP contribution in [0.5, 0.6) is 11.5 Å². The highest BCUT2D eigenvalue weighted by molar-refractivity contribution is 6.31. The number of methoxy groups -OCH3 is 1. The highest BCUT2D eigenvalue weighted by Gasteiger charge is 2.37. The number of hydrogen-bond donors (Lipinski definition) is 1. The molecule has 2 aromatic heterocycles. The lowest BCUT2D eigenvalue weighted by Crippen LogP contribution is -2.14. The van der Waals surface area contributed by atoms with Gasteiger partial charge in [0, 0.05) is 16.7 Å². The zero-order valence-corrected chi connectivity index (χ0v) is 22.1. The van der Waals surface area contributed by atoms with E-state index in [2.05, 4.69) is 10.1 Å². The van der Waals surface area contributed by atoms with E-state index in [1.165, 1.54) is 12.1 Å². The maximum atomic E-state index is 13.6. The molecule has 0 aliphatic carbocycles. The number of halogens is 4. The van der Waals surface area contributed by atoms with Crippen LogP contribution in [0, 0.1) is 0 Å². The van der Waals surface area contributed by atoms with E-state index in [0.717, 1.165) is 22.4 Å². The Morgan fingerprint density at radius 1 is 0.951 bits per heavy atom. The average Bonchev–Trinajstić information content (AvgIpc) is 3.44. The fraction of sp³-hybridized carbons (Fsp3) is 0.100. The summed E-state index contributed by atoms with van der Waals surface area (Å²) in [6, 6.07) is 25.2. The number of aromatic nitrogens is 3. The summed E-state index contributed by atoms with van der Waals surface area (Å²) in [6.07, 6.45) is -4.86. The molecule has 0 radical (unpaired) electrons. The van der Waals surface area contributed by atoms with Crippen LogP contribution in [0.2, 0.25) is 5.02 Å². The van der Waals surface area contributed by atoms with Gasteiger partial charge in [-0.3, -0.25) is 0 Å². The van der Waals surface area contributed by atoms with Gasteiger partial charge in [-0.2, -0.15) is 18.3 Å². The van der Waals surface area contributed by atoms with Gasteiger partial charge in [0.1, 0.15) is 18.1 Å². The summed E-state index contributed by atoms with van der Waals surface area (Å²) in [5.74, 6) is -0.635. The molecule has 5 aromatic rings.